The van der Waals surface area contributed by atoms with Crippen LogP contribution in [0.5, 0.6) is 5.75 Å². The average Bonchev–Trinajstić information content (AvgIpc) is 2.42. The topological polar surface area (TPSA) is 65.4 Å². The van der Waals surface area contributed by atoms with Crippen LogP contribution in [0.4, 0.5) is 10.1 Å². The van der Waals surface area contributed by atoms with Gasteiger partial charge in [-0.2, -0.15) is 0 Å². The van der Waals surface area contributed by atoms with Crippen LogP contribution in [-0.4, -0.2) is 15.2 Å². The van der Waals surface area contributed by atoms with Gasteiger partial charge in [-0.1, -0.05) is 11.6 Å². The molecule has 0 bridgehead atoms. The van der Waals surface area contributed by atoms with Crippen molar-refractivity contribution >= 4 is 33.2 Å². The van der Waals surface area contributed by atoms with Crippen molar-refractivity contribution in [3.63, 3.8) is 0 Å². The average molecular weight is 376 g/mol. The van der Waals surface area contributed by atoms with E-state index in [4.69, 9.17) is 11.6 Å². The van der Waals surface area contributed by atoms with E-state index in [1.165, 1.54) is 18.3 Å². The highest BCUT2D eigenvalue weighted by atomic mass is 79.9. The number of aromatic nitrogens is 1. The number of benzene rings is 1. The number of aliphatic hydroxyl groups is 1. The lowest BCUT2D eigenvalue weighted by molar-refractivity contribution is 0.279. The third-order valence-electron chi connectivity index (χ3n) is 3.05. The maximum atomic E-state index is 13.2. The summed E-state index contributed by atoms with van der Waals surface area (Å²) in [6.45, 7) is 1.64. The normalized spacial score (nSPS) is 10.7. The monoisotopic (exact) mass is 374 g/mol. The summed E-state index contributed by atoms with van der Waals surface area (Å²) in [7, 11) is 0. The number of nitrogens with zero attached hydrogens (tertiary/aromatic N) is 1. The van der Waals surface area contributed by atoms with Crippen molar-refractivity contribution in [2.75, 3.05) is 5.32 Å². The number of pyridine rings is 1. The Morgan fingerprint density at radius 3 is 2.76 bits per heavy atom. The number of hydrogen-bond acceptors (Lipinski definition) is 4. The highest BCUT2D eigenvalue weighted by Gasteiger charge is 2.13. The van der Waals surface area contributed by atoms with Gasteiger partial charge in [0.05, 0.1) is 23.0 Å². The van der Waals surface area contributed by atoms with E-state index in [1.54, 1.807) is 6.92 Å². The van der Waals surface area contributed by atoms with Crippen LogP contribution in [0.1, 0.15) is 16.8 Å². The molecule has 2 rings (SSSR count). The molecule has 0 aliphatic carbocycles. The largest absolute Gasteiger partial charge is 0.506 e. The van der Waals surface area contributed by atoms with E-state index in [2.05, 4.69) is 26.2 Å². The van der Waals surface area contributed by atoms with Crippen LogP contribution in [0.3, 0.4) is 0 Å². The maximum Gasteiger partial charge on any atom is 0.142 e. The smallest absolute Gasteiger partial charge is 0.142 e. The van der Waals surface area contributed by atoms with Crippen LogP contribution >= 0.6 is 27.5 Å². The molecular weight excluding hydrogens is 363 g/mol. The molecule has 21 heavy (non-hydrogen) atoms. The minimum Gasteiger partial charge on any atom is -0.506 e. The molecular formula is C14H13BrClFN2O2. The minimum atomic E-state index is -0.448. The number of aryl methyl sites for hydroxylation is 1. The van der Waals surface area contributed by atoms with E-state index in [1.807, 2.05) is 0 Å². The summed E-state index contributed by atoms with van der Waals surface area (Å²) >= 11 is 9.22. The zero-order chi connectivity index (χ0) is 15.6. The first-order valence-electron chi connectivity index (χ1n) is 6.09. The SMILES string of the molecule is Cc1ncc(CO)c(CNc2c(Cl)cc(F)cc2Br)c1O. The maximum absolute atomic E-state index is 13.2. The van der Waals surface area contributed by atoms with Gasteiger partial charge in [-0.3, -0.25) is 4.98 Å². The van der Waals surface area contributed by atoms with Crippen molar-refractivity contribution in [2.24, 2.45) is 0 Å². The van der Waals surface area contributed by atoms with Gasteiger partial charge in [-0.15, -0.1) is 0 Å². The molecule has 0 saturated carbocycles. The lowest BCUT2D eigenvalue weighted by Gasteiger charge is -2.15. The Labute approximate surface area is 134 Å². The highest BCUT2D eigenvalue weighted by Crippen LogP contribution is 2.33. The van der Waals surface area contributed by atoms with Gasteiger partial charge in [-0.25, -0.2) is 4.39 Å². The fraction of sp³-hybridized carbons (Fsp3) is 0.214. The van der Waals surface area contributed by atoms with Gasteiger partial charge >= 0.3 is 0 Å². The highest BCUT2D eigenvalue weighted by molar-refractivity contribution is 9.10. The number of nitrogens with one attached hydrogen (secondary N) is 1. The molecule has 0 saturated heterocycles. The van der Waals surface area contributed by atoms with Crippen LogP contribution in [0.25, 0.3) is 0 Å². The van der Waals surface area contributed by atoms with Crippen molar-refractivity contribution in [3.8, 4) is 5.75 Å². The molecule has 4 nitrogen and oxygen atoms in total. The van der Waals surface area contributed by atoms with Crippen molar-refractivity contribution in [1.29, 1.82) is 0 Å². The first-order valence-corrected chi connectivity index (χ1v) is 7.26. The van der Waals surface area contributed by atoms with Crippen LogP contribution in [0, 0.1) is 12.7 Å². The van der Waals surface area contributed by atoms with E-state index in [9.17, 15) is 14.6 Å². The molecule has 3 N–H and O–H groups in total. The van der Waals surface area contributed by atoms with Gasteiger partial charge in [0, 0.05) is 28.3 Å². The second-order valence-electron chi connectivity index (χ2n) is 4.45. The molecule has 0 fully saturated rings. The molecule has 7 heteroatoms. The lowest BCUT2D eigenvalue weighted by Crippen LogP contribution is -2.06. The fourth-order valence-corrected chi connectivity index (χ4v) is 2.87. The molecule has 1 heterocycles. The summed E-state index contributed by atoms with van der Waals surface area (Å²) in [5.74, 6) is -0.431. The molecule has 0 spiro atoms. The van der Waals surface area contributed by atoms with Gasteiger partial charge in [-0.05, 0) is 35.0 Å². The van der Waals surface area contributed by atoms with Crippen LogP contribution < -0.4 is 5.32 Å². The molecule has 2 aromatic rings. The number of aliphatic hydroxyl groups excluding tert-OH is 1. The van der Waals surface area contributed by atoms with E-state index in [0.717, 1.165) is 0 Å². The van der Waals surface area contributed by atoms with Gasteiger partial charge in [0.1, 0.15) is 11.6 Å². The predicted octanol–water partition coefficient (Wildman–Crippen LogP) is 3.76. The molecule has 1 aromatic heterocycles. The van der Waals surface area contributed by atoms with Gasteiger partial charge in [0.2, 0.25) is 0 Å². The van der Waals surface area contributed by atoms with E-state index >= 15 is 0 Å². The van der Waals surface area contributed by atoms with Crippen molar-refractivity contribution < 1.29 is 14.6 Å². The van der Waals surface area contributed by atoms with Gasteiger partial charge < -0.3 is 15.5 Å². The molecule has 112 valence electrons. The Kier molecular flexibility index (Phi) is 5.03. The van der Waals surface area contributed by atoms with Crippen LogP contribution in [-0.2, 0) is 13.2 Å². The number of anilines is 1. The van der Waals surface area contributed by atoms with Crippen LogP contribution in [0.2, 0.25) is 5.02 Å². The summed E-state index contributed by atoms with van der Waals surface area (Å²) < 4.78 is 13.7. The predicted molar refractivity (Wildman–Crippen MR) is 83.0 cm³/mol. The molecule has 0 aliphatic rings. The standard InChI is InChI=1S/C14H13BrClFN2O2/c1-7-14(21)10(8(6-20)4-18-7)5-19-13-11(15)2-9(17)3-12(13)16/h2-4,19-21H,5-6H2,1H3. The van der Waals surface area contributed by atoms with Gasteiger partial charge in [0.25, 0.3) is 0 Å². The summed E-state index contributed by atoms with van der Waals surface area (Å²) in [4.78, 5) is 3.99. The van der Waals surface area contributed by atoms with Crippen molar-refractivity contribution in [1.82, 2.24) is 4.98 Å². The molecule has 0 atom stereocenters. The first kappa shape index (κ1) is 16.0. The minimum absolute atomic E-state index is 0.0170. The van der Waals surface area contributed by atoms with E-state index in [0.29, 0.717) is 27.0 Å². The first-order chi connectivity index (χ1) is 9.93. The Morgan fingerprint density at radius 1 is 1.43 bits per heavy atom. The lowest BCUT2D eigenvalue weighted by atomic mass is 10.1. The van der Waals surface area contributed by atoms with Gasteiger partial charge in [0.15, 0.2) is 0 Å². The fourth-order valence-electron chi connectivity index (χ4n) is 1.91. The molecule has 0 radical (unpaired) electrons. The third kappa shape index (κ3) is 3.45. The number of hydrogen-bond donors (Lipinski definition) is 3. The molecule has 0 unspecified atom stereocenters. The Bertz CT molecular complexity index is 659. The quantitative estimate of drug-likeness (QED) is 0.761. The Hall–Kier alpha value is -1.37. The summed E-state index contributed by atoms with van der Waals surface area (Å²) in [6.07, 6.45) is 1.51. The van der Waals surface area contributed by atoms with Crippen molar-refractivity contribution in [2.45, 2.75) is 20.1 Å². The second-order valence-corrected chi connectivity index (χ2v) is 5.71. The summed E-state index contributed by atoms with van der Waals surface area (Å²) in [6, 6.07) is 2.48. The summed E-state index contributed by atoms with van der Waals surface area (Å²) in [5.41, 5.74) is 2.02. The van der Waals surface area contributed by atoms with E-state index < -0.39 is 5.82 Å². The van der Waals surface area contributed by atoms with Crippen LogP contribution in [0.15, 0.2) is 22.8 Å². The molecule has 0 aliphatic heterocycles. The zero-order valence-corrected chi connectivity index (χ0v) is 13.5. The summed E-state index contributed by atoms with van der Waals surface area (Å²) in [5, 5.41) is 22.6. The number of rotatable bonds is 4. The van der Waals surface area contributed by atoms with E-state index in [-0.39, 0.29) is 23.9 Å². The zero-order valence-electron chi connectivity index (χ0n) is 11.1. The molecule has 0 amide bonds. The second kappa shape index (κ2) is 6.60. The number of halogens is 3. The number of aromatic hydroxyl groups is 1. The van der Waals surface area contributed by atoms with Crippen molar-refractivity contribution in [3.05, 3.63) is 50.5 Å². The third-order valence-corrected chi connectivity index (χ3v) is 3.97. The Morgan fingerprint density at radius 2 is 2.14 bits per heavy atom. The Balaban J connectivity index is 2.31. The molecule has 1 aromatic carbocycles.